The minimum absolute atomic E-state index is 0.0294. The number of ether oxygens (including phenoxy) is 1. The first-order valence-corrected chi connectivity index (χ1v) is 4.87. The van der Waals surface area contributed by atoms with E-state index in [9.17, 15) is 14.9 Å². The van der Waals surface area contributed by atoms with E-state index in [4.69, 9.17) is 9.84 Å². The first-order chi connectivity index (χ1) is 7.00. The van der Waals surface area contributed by atoms with E-state index in [2.05, 4.69) is 0 Å². The summed E-state index contributed by atoms with van der Waals surface area (Å²) in [6.07, 6.45) is 0. The van der Waals surface area contributed by atoms with E-state index in [0.29, 0.717) is 9.32 Å². The predicted octanol–water partition coefficient (Wildman–Crippen LogP) is 1.66. The molecule has 1 aromatic rings. The minimum atomic E-state index is -1.09. The van der Waals surface area contributed by atoms with Gasteiger partial charge in [0.1, 0.15) is 5.75 Å². The van der Waals surface area contributed by atoms with Crippen molar-refractivity contribution in [3.63, 3.8) is 0 Å². The normalized spacial score (nSPS) is 9.67. The Morgan fingerprint density at radius 3 is 2.73 bits per heavy atom. The summed E-state index contributed by atoms with van der Waals surface area (Å²) in [7, 11) is 0. The molecule has 80 valence electrons. The van der Waals surface area contributed by atoms with Gasteiger partial charge < -0.3 is 9.84 Å². The lowest BCUT2D eigenvalue weighted by atomic mass is 10.3. The topological polar surface area (TPSA) is 89.7 Å². The third-order valence-corrected chi connectivity index (χ3v) is 2.34. The molecule has 1 N–H and O–H groups in total. The van der Waals surface area contributed by atoms with Gasteiger partial charge in [-0.05, 0) is 28.7 Å². The number of nitro benzene ring substituents is 1. The average molecular weight is 323 g/mol. The summed E-state index contributed by atoms with van der Waals surface area (Å²) < 4.78 is 5.26. The molecule has 0 unspecified atom stereocenters. The van der Waals surface area contributed by atoms with E-state index in [-0.39, 0.29) is 5.69 Å². The quantitative estimate of drug-likeness (QED) is 0.517. The number of hydrogen-bond donors (Lipinski definition) is 1. The monoisotopic (exact) mass is 323 g/mol. The summed E-state index contributed by atoms with van der Waals surface area (Å²) in [5, 5.41) is 18.8. The molecule has 0 heterocycles. The molecule has 0 bridgehead atoms. The van der Waals surface area contributed by atoms with Crippen LogP contribution in [0.3, 0.4) is 0 Å². The number of carbonyl (C=O) groups is 1. The van der Waals surface area contributed by atoms with Crippen LogP contribution in [0.25, 0.3) is 0 Å². The van der Waals surface area contributed by atoms with Crippen LogP contribution in [0.4, 0.5) is 5.69 Å². The molecule has 0 amide bonds. The highest BCUT2D eigenvalue weighted by atomic mass is 127. The fourth-order valence-electron chi connectivity index (χ4n) is 0.871. The molecule has 0 aromatic heterocycles. The van der Waals surface area contributed by atoms with E-state index in [0.717, 1.165) is 0 Å². The van der Waals surface area contributed by atoms with Crippen LogP contribution in [-0.4, -0.2) is 22.6 Å². The van der Waals surface area contributed by atoms with Crippen LogP contribution < -0.4 is 4.74 Å². The Bertz CT molecular complexity index is 406. The molecule has 0 saturated carbocycles. The summed E-state index contributed by atoms with van der Waals surface area (Å²) in [4.78, 5) is 20.2. The van der Waals surface area contributed by atoms with E-state index in [1.54, 1.807) is 22.6 Å². The maximum absolute atomic E-state index is 10.5. The van der Waals surface area contributed by atoms with Crippen LogP contribution in [0, 0.1) is 13.7 Å². The summed E-state index contributed by atoms with van der Waals surface area (Å²) in [6, 6.07) is 4.06. The Kier molecular flexibility index (Phi) is 3.83. The largest absolute Gasteiger partial charge is 0.482 e. The second-order valence-corrected chi connectivity index (χ2v) is 3.71. The van der Waals surface area contributed by atoms with Crippen LogP contribution in [0.5, 0.6) is 5.75 Å². The van der Waals surface area contributed by atoms with Crippen molar-refractivity contribution in [2.45, 2.75) is 0 Å². The number of nitrogens with zero attached hydrogens (tertiary/aromatic N) is 1. The zero-order valence-corrected chi connectivity index (χ0v) is 9.50. The summed E-state index contributed by atoms with van der Waals surface area (Å²) >= 11 is 1.79. The van der Waals surface area contributed by atoms with Crippen LogP contribution >= 0.6 is 22.6 Å². The lowest BCUT2D eigenvalue weighted by Crippen LogP contribution is -2.09. The van der Waals surface area contributed by atoms with E-state index in [1.165, 1.54) is 18.2 Å². The van der Waals surface area contributed by atoms with Crippen molar-refractivity contribution in [3.05, 3.63) is 31.9 Å². The second kappa shape index (κ2) is 4.91. The Morgan fingerprint density at radius 2 is 2.27 bits per heavy atom. The van der Waals surface area contributed by atoms with Gasteiger partial charge in [0.15, 0.2) is 6.61 Å². The highest BCUT2D eigenvalue weighted by Gasteiger charge is 2.12. The first kappa shape index (κ1) is 11.7. The molecular formula is C8H6INO5. The van der Waals surface area contributed by atoms with Crippen molar-refractivity contribution in [2.75, 3.05) is 6.61 Å². The molecule has 7 heteroatoms. The van der Waals surface area contributed by atoms with Gasteiger partial charge in [0.25, 0.3) is 5.69 Å². The van der Waals surface area contributed by atoms with Crippen LogP contribution in [0.2, 0.25) is 0 Å². The molecule has 15 heavy (non-hydrogen) atoms. The Labute approximate surface area is 98.1 Å². The number of carboxylic acid groups (broad SMARTS) is 1. The zero-order valence-electron chi connectivity index (χ0n) is 7.34. The summed E-state index contributed by atoms with van der Waals surface area (Å²) in [5.41, 5.74) is -0.0294. The van der Waals surface area contributed by atoms with Crippen molar-refractivity contribution in [1.29, 1.82) is 0 Å². The third-order valence-electron chi connectivity index (χ3n) is 1.48. The van der Waals surface area contributed by atoms with Crippen LogP contribution in [0.1, 0.15) is 0 Å². The van der Waals surface area contributed by atoms with Crippen molar-refractivity contribution < 1.29 is 19.6 Å². The maximum atomic E-state index is 10.5. The molecule has 0 aliphatic rings. The van der Waals surface area contributed by atoms with E-state index >= 15 is 0 Å². The van der Waals surface area contributed by atoms with Gasteiger partial charge in [0.05, 0.1) is 8.49 Å². The van der Waals surface area contributed by atoms with Gasteiger partial charge in [-0.3, -0.25) is 10.1 Å². The number of benzene rings is 1. The van der Waals surface area contributed by atoms with Gasteiger partial charge >= 0.3 is 5.97 Å². The molecule has 0 atom stereocenters. The molecule has 1 aromatic carbocycles. The lowest BCUT2D eigenvalue weighted by molar-refractivity contribution is -0.385. The van der Waals surface area contributed by atoms with Gasteiger partial charge in [-0.1, -0.05) is 0 Å². The molecule has 0 spiro atoms. The van der Waals surface area contributed by atoms with Crippen LogP contribution in [0.15, 0.2) is 18.2 Å². The highest BCUT2D eigenvalue weighted by molar-refractivity contribution is 14.1. The molecular weight excluding hydrogens is 317 g/mol. The predicted molar refractivity (Wildman–Crippen MR) is 58.9 cm³/mol. The number of carboxylic acids is 1. The standard InChI is InChI=1S/C8H6INO5/c9-6-3-5(15-4-8(11)12)1-2-7(6)10(13)14/h1-3H,4H2,(H,11,12). The maximum Gasteiger partial charge on any atom is 0.341 e. The highest BCUT2D eigenvalue weighted by Crippen LogP contribution is 2.25. The van der Waals surface area contributed by atoms with Gasteiger partial charge in [-0.15, -0.1) is 0 Å². The van der Waals surface area contributed by atoms with Crippen molar-refractivity contribution in [2.24, 2.45) is 0 Å². The van der Waals surface area contributed by atoms with Crippen LogP contribution in [-0.2, 0) is 4.79 Å². The fraction of sp³-hybridized carbons (Fsp3) is 0.125. The zero-order chi connectivity index (χ0) is 11.4. The molecule has 0 saturated heterocycles. The first-order valence-electron chi connectivity index (χ1n) is 3.79. The lowest BCUT2D eigenvalue weighted by Gasteiger charge is -2.03. The van der Waals surface area contributed by atoms with Gasteiger partial charge in [0, 0.05) is 12.1 Å². The summed E-state index contributed by atoms with van der Waals surface area (Å²) in [6.45, 7) is -0.464. The number of aliphatic carboxylic acids is 1. The fourth-order valence-corrected chi connectivity index (χ4v) is 1.55. The number of nitro groups is 1. The minimum Gasteiger partial charge on any atom is -0.482 e. The molecule has 0 radical (unpaired) electrons. The number of rotatable bonds is 4. The van der Waals surface area contributed by atoms with Crippen molar-refractivity contribution >= 4 is 34.2 Å². The summed E-state index contributed by atoms with van der Waals surface area (Å²) in [5.74, 6) is -0.796. The van der Waals surface area contributed by atoms with Gasteiger partial charge in [-0.2, -0.15) is 0 Å². The Morgan fingerprint density at radius 1 is 1.60 bits per heavy atom. The molecule has 0 aliphatic heterocycles. The molecule has 6 nitrogen and oxygen atoms in total. The van der Waals surface area contributed by atoms with Gasteiger partial charge in [0.2, 0.25) is 0 Å². The second-order valence-electron chi connectivity index (χ2n) is 2.55. The SMILES string of the molecule is O=C(O)COc1ccc([N+](=O)[O-])c(I)c1. The molecule has 0 fully saturated rings. The Balaban J connectivity index is 2.82. The molecule has 0 aliphatic carbocycles. The Hall–Kier alpha value is -1.38. The van der Waals surface area contributed by atoms with Gasteiger partial charge in [-0.25, -0.2) is 4.79 Å². The van der Waals surface area contributed by atoms with Crippen molar-refractivity contribution in [1.82, 2.24) is 0 Å². The third kappa shape index (κ3) is 3.35. The smallest absolute Gasteiger partial charge is 0.341 e. The van der Waals surface area contributed by atoms with E-state index in [1.807, 2.05) is 0 Å². The van der Waals surface area contributed by atoms with E-state index < -0.39 is 17.5 Å². The molecule has 1 rings (SSSR count). The number of hydrogen-bond acceptors (Lipinski definition) is 4. The average Bonchev–Trinajstić information content (AvgIpc) is 2.14. The van der Waals surface area contributed by atoms with Crippen molar-refractivity contribution in [3.8, 4) is 5.75 Å². The number of halogens is 1.